The van der Waals surface area contributed by atoms with Crippen LogP contribution >= 0.6 is 0 Å². The molecule has 0 spiro atoms. The molecule has 0 saturated heterocycles. The zero-order valence-electron chi connectivity index (χ0n) is 6.80. The van der Waals surface area contributed by atoms with E-state index in [1.54, 1.807) is 0 Å². The first-order valence-electron chi connectivity index (χ1n) is 3.74. The lowest BCUT2D eigenvalue weighted by Crippen LogP contribution is -1.82. The molecular formula is C9H16O. The topological polar surface area (TPSA) is 20.2 Å². The van der Waals surface area contributed by atoms with Crippen LogP contribution < -0.4 is 0 Å². The highest BCUT2D eigenvalue weighted by molar-refractivity contribution is 5.10. The van der Waals surface area contributed by atoms with E-state index in [-0.39, 0.29) is 6.61 Å². The summed E-state index contributed by atoms with van der Waals surface area (Å²) in [6.45, 7) is 4.38. The van der Waals surface area contributed by atoms with Crippen LogP contribution in [0.4, 0.5) is 0 Å². The summed E-state index contributed by atoms with van der Waals surface area (Å²) < 4.78 is 0. The molecule has 0 aliphatic rings. The van der Waals surface area contributed by atoms with Crippen LogP contribution in [0.3, 0.4) is 0 Å². The minimum atomic E-state index is 0.252. The first kappa shape index (κ1) is 9.44. The van der Waals surface area contributed by atoms with Crippen molar-refractivity contribution < 1.29 is 5.11 Å². The van der Waals surface area contributed by atoms with Gasteiger partial charge in [-0.3, -0.25) is 0 Å². The molecule has 0 fully saturated rings. The van der Waals surface area contributed by atoms with Gasteiger partial charge in [-0.15, -0.1) is 0 Å². The fourth-order valence-electron chi connectivity index (χ4n) is 0.628. The molecule has 0 aliphatic heterocycles. The van der Waals surface area contributed by atoms with Crippen molar-refractivity contribution in [1.29, 1.82) is 0 Å². The molecule has 0 aromatic carbocycles. The Morgan fingerprint density at radius 3 is 2.70 bits per heavy atom. The summed E-state index contributed by atoms with van der Waals surface area (Å²) in [5.41, 5.74) is 1.23. The number of aliphatic hydroxyl groups is 1. The van der Waals surface area contributed by atoms with Crippen molar-refractivity contribution in [3.8, 4) is 0 Å². The van der Waals surface area contributed by atoms with E-state index in [2.05, 4.69) is 13.0 Å². The average Bonchev–Trinajstić information content (AvgIpc) is 1.89. The van der Waals surface area contributed by atoms with Gasteiger partial charge in [0, 0.05) is 6.61 Å². The summed E-state index contributed by atoms with van der Waals surface area (Å²) in [4.78, 5) is 0. The molecule has 0 aromatic heterocycles. The number of rotatable bonds is 4. The predicted octanol–water partition coefficient (Wildman–Crippen LogP) is 2.28. The third-order valence-electron chi connectivity index (χ3n) is 1.26. The van der Waals surface area contributed by atoms with Crippen molar-refractivity contribution >= 4 is 0 Å². The molecule has 1 N–H and O–H groups in total. The van der Waals surface area contributed by atoms with Crippen molar-refractivity contribution in [2.45, 2.75) is 26.7 Å². The van der Waals surface area contributed by atoms with Gasteiger partial charge in [-0.2, -0.15) is 0 Å². The van der Waals surface area contributed by atoms with E-state index in [1.807, 2.05) is 19.1 Å². The van der Waals surface area contributed by atoms with Crippen molar-refractivity contribution in [1.82, 2.24) is 0 Å². The Kier molecular flexibility index (Phi) is 6.19. The lowest BCUT2D eigenvalue weighted by molar-refractivity contribution is 0.299. The number of allylic oxidation sites excluding steroid dienone is 3. The van der Waals surface area contributed by atoms with E-state index >= 15 is 0 Å². The molecule has 0 rings (SSSR count). The van der Waals surface area contributed by atoms with E-state index in [0.717, 1.165) is 12.8 Å². The zero-order valence-corrected chi connectivity index (χ0v) is 6.80. The number of hydrogen-bond donors (Lipinski definition) is 1. The second-order valence-electron chi connectivity index (χ2n) is 2.32. The van der Waals surface area contributed by atoms with Gasteiger partial charge >= 0.3 is 0 Å². The molecule has 1 nitrogen and oxygen atoms in total. The normalized spacial score (nSPS) is 12.9. The van der Waals surface area contributed by atoms with Gasteiger partial charge in [0.15, 0.2) is 0 Å². The molecule has 0 atom stereocenters. The fourth-order valence-corrected chi connectivity index (χ4v) is 0.628. The van der Waals surface area contributed by atoms with Gasteiger partial charge in [-0.05, 0) is 19.8 Å². The highest BCUT2D eigenvalue weighted by atomic mass is 16.2. The first-order chi connectivity index (χ1) is 4.81. The van der Waals surface area contributed by atoms with Crippen LogP contribution in [0.5, 0.6) is 0 Å². The SMILES string of the molecule is CC/C=C\C=C(/C)CCO. The molecule has 58 valence electrons. The lowest BCUT2D eigenvalue weighted by Gasteiger charge is -1.92. The Morgan fingerprint density at radius 1 is 1.50 bits per heavy atom. The standard InChI is InChI=1S/C9H16O/c1-3-4-5-6-9(2)7-8-10/h4-6,10H,3,7-8H2,1-2H3/b5-4-,9-6+. The second kappa shape index (κ2) is 6.56. The molecular weight excluding hydrogens is 124 g/mol. The summed E-state index contributed by atoms with van der Waals surface area (Å²) in [6, 6.07) is 0. The van der Waals surface area contributed by atoms with E-state index in [4.69, 9.17) is 5.11 Å². The maximum atomic E-state index is 8.53. The Balaban J connectivity index is 3.56. The summed E-state index contributed by atoms with van der Waals surface area (Å²) in [5, 5.41) is 8.53. The second-order valence-corrected chi connectivity index (χ2v) is 2.32. The quantitative estimate of drug-likeness (QED) is 0.594. The number of aliphatic hydroxyl groups excluding tert-OH is 1. The van der Waals surface area contributed by atoms with Crippen LogP contribution in [0.1, 0.15) is 26.7 Å². The molecule has 0 amide bonds. The van der Waals surface area contributed by atoms with Crippen LogP contribution in [0.25, 0.3) is 0 Å². The van der Waals surface area contributed by atoms with E-state index in [9.17, 15) is 0 Å². The maximum absolute atomic E-state index is 8.53. The van der Waals surface area contributed by atoms with Crippen molar-refractivity contribution in [3.05, 3.63) is 23.8 Å². The first-order valence-corrected chi connectivity index (χ1v) is 3.74. The largest absolute Gasteiger partial charge is 0.396 e. The number of hydrogen-bond acceptors (Lipinski definition) is 1. The van der Waals surface area contributed by atoms with Crippen LogP contribution in [-0.2, 0) is 0 Å². The van der Waals surface area contributed by atoms with Gasteiger partial charge in [0.25, 0.3) is 0 Å². The van der Waals surface area contributed by atoms with Crippen LogP contribution in [0.2, 0.25) is 0 Å². The van der Waals surface area contributed by atoms with Gasteiger partial charge in [-0.25, -0.2) is 0 Å². The molecule has 0 aliphatic carbocycles. The van der Waals surface area contributed by atoms with Gasteiger partial charge in [-0.1, -0.05) is 30.7 Å². The summed E-state index contributed by atoms with van der Waals surface area (Å²) in [5.74, 6) is 0. The molecule has 10 heavy (non-hydrogen) atoms. The molecule has 0 saturated carbocycles. The Bertz CT molecular complexity index is 123. The van der Waals surface area contributed by atoms with Crippen molar-refractivity contribution in [2.75, 3.05) is 6.61 Å². The molecule has 0 unspecified atom stereocenters. The van der Waals surface area contributed by atoms with E-state index in [0.29, 0.717) is 0 Å². The van der Waals surface area contributed by atoms with Crippen molar-refractivity contribution in [3.63, 3.8) is 0 Å². The van der Waals surface area contributed by atoms with Crippen LogP contribution in [0, 0.1) is 0 Å². The molecule has 0 bridgehead atoms. The molecule has 0 radical (unpaired) electrons. The van der Waals surface area contributed by atoms with Gasteiger partial charge in [0.05, 0.1) is 0 Å². The van der Waals surface area contributed by atoms with Crippen LogP contribution in [-0.4, -0.2) is 11.7 Å². The summed E-state index contributed by atoms with van der Waals surface area (Å²) >= 11 is 0. The zero-order chi connectivity index (χ0) is 7.82. The predicted molar refractivity (Wildman–Crippen MR) is 44.9 cm³/mol. The van der Waals surface area contributed by atoms with E-state index in [1.165, 1.54) is 5.57 Å². The van der Waals surface area contributed by atoms with Gasteiger partial charge in [0.1, 0.15) is 0 Å². The highest BCUT2D eigenvalue weighted by Gasteiger charge is 1.82. The van der Waals surface area contributed by atoms with Crippen LogP contribution in [0.15, 0.2) is 23.8 Å². The smallest absolute Gasteiger partial charge is 0.0468 e. The van der Waals surface area contributed by atoms with E-state index < -0.39 is 0 Å². The van der Waals surface area contributed by atoms with Gasteiger partial charge in [0.2, 0.25) is 0 Å². The molecule has 0 aromatic rings. The Hall–Kier alpha value is -0.560. The maximum Gasteiger partial charge on any atom is 0.0468 e. The van der Waals surface area contributed by atoms with Gasteiger partial charge < -0.3 is 5.11 Å². The third kappa shape index (κ3) is 5.57. The minimum Gasteiger partial charge on any atom is -0.396 e. The summed E-state index contributed by atoms with van der Waals surface area (Å²) in [6.07, 6.45) is 8.03. The fraction of sp³-hybridized carbons (Fsp3) is 0.556. The van der Waals surface area contributed by atoms with Crippen molar-refractivity contribution in [2.24, 2.45) is 0 Å². The molecule has 1 heteroatoms. The summed E-state index contributed by atoms with van der Waals surface area (Å²) in [7, 11) is 0. The Morgan fingerprint density at radius 2 is 2.20 bits per heavy atom. The Labute approximate surface area is 63.1 Å². The third-order valence-corrected chi connectivity index (χ3v) is 1.26. The monoisotopic (exact) mass is 140 g/mol. The highest BCUT2D eigenvalue weighted by Crippen LogP contribution is 1.98. The lowest BCUT2D eigenvalue weighted by atomic mass is 10.2. The molecule has 0 heterocycles. The average molecular weight is 140 g/mol. The minimum absolute atomic E-state index is 0.252.